The van der Waals surface area contributed by atoms with Crippen molar-refractivity contribution in [2.45, 2.75) is 19.4 Å². The van der Waals surface area contributed by atoms with Gasteiger partial charge in [-0.2, -0.15) is 5.26 Å². The van der Waals surface area contributed by atoms with Gasteiger partial charge in [0.25, 0.3) is 0 Å². The lowest BCUT2D eigenvalue weighted by Crippen LogP contribution is -2.49. The number of nitrogens with zero attached hydrogens (tertiary/aromatic N) is 5. The second-order valence-corrected chi connectivity index (χ2v) is 4.89. The van der Waals surface area contributed by atoms with Gasteiger partial charge in [0.1, 0.15) is 5.82 Å². The molecule has 18 heavy (non-hydrogen) atoms. The zero-order valence-electron chi connectivity index (χ0n) is 11.2. The van der Waals surface area contributed by atoms with Crippen LogP contribution in [0.2, 0.25) is 0 Å². The Balaban J connectivity index is 1.74. The summed E-state index contributed by atoms with van der Waals surface area (Å²) >= 11 is 0. The van der Waals surface area contributed by atoms with Gasteiger partial charge < -0.3 is 9.47 Å². The molecule has 98 valence electrons. The van der Waals surface area contributed by atoms with E-state index in [1.165, 1.54) is 0 Å². The molecule has 2 rings (SSSR count). The van der Waals surface area contributed by atoms with Crippen LogP contribution in [0, 0.1) is 11.3 Å². The van der Waals surface area contributed by atoms with E-state index < -0.39 is 0 Å². The molecule has 0 N–H and O–H groups in total. The second-order valence-electron chi connectivity index (χ2n) is 4.89. The van der Waals surface area contributed by atoms with Gasteiger partial charge in [0.05, 0.1) is 12.1 Å². The summed E-state index contributed by atoms with van der Waals surface area (Å²) in [6, 6.07) is 2.35. The van der Waals surface area contributed by atoms with Crippen molar-refractivity contribution in [2.24, 2.45) is 7.05 Å². The normalized spacial score (nSPS) is 19.6. The van der Waals surface area contributed by atoms with Crippen LogP contribution in [-0.4, -0.2) is 58.1 Å². The van der Waals surface area contributed by atoms with Crippen molar-refractivity contribution in [1.82, 2.24) is 19.4 Å². The van der Waals surface area contributed by atoms with E-state index in [0.29, 0.717) is 0 Å². The second kappa shape index (κ2) is 5.98. The van der Waals surface area contributed by atoms with Crippen LogP contribution < -0.4 is 0 Å². The highest BCUT2D eigenvalue weighted by Gasteiger charge is 2.20. The van der Waals surface area contributed by atoms with Crippen LogP contribution >= 0.6 is 0 Å². The third kappa shape index (κ3) is 3.09. The lowest BCUT2D eigenvalue weighted by Gasteiger charge is -2.35. The van der Waals surface area contributed by atoms with Gasteiger partial charge in [-0.15, -0.1) is 0 Å². The van der Waals surface area contributed by atoms with E-state index in [9.17, 15) is 0 Å². The van der Waals surface area contributed by atoms with Crippen molar-refractivity contribution in [3.63, 3.8) is 0 Å². The third-order valence-electron chi connectivity index (χ3n) is 3.71. The molecular weight excluding hydrogens is 226 g/mol. The molecule has 2 heterocycles. The maximum absolute atomic E-state index is 8.90. The SMILES string of the molecule is CC(C#N)N1CCN(CCc2nccn2C)CC1. The highest BCUT2D eigenvalue weighted by molar-refractivity contribution is 4.93. The molecule has 1 saturated heterocycles. The molecular formula is C13H21N5. The minimum absolute atomic E-state index is 0.0432. The Labute approximate surface area is 109 Å². The first kappa shape index (κ1) is 13.1. The van der Waals surface area contributed by atoms with Crippen LogP contribution in [0.25, 0.3) is 0 Å². The summed E-state index contributed by atoms with van der Waals surface area (Å²) in [6.45, 7) is 7.13. The summed E-state index contributed by atoms with van der Waals surface area (Å²) < 4.78 is 2.08. The number of hydrogen-bond donors (Lipinski definition) is 0. The summed E-state index contributed by atoms with van der Waals surface area (Å²) in [5.41, 5.74) is 0. The number of imidazole rings is 1. The predicted octanol–water partition coefficient (Wildman–Crippen LogP) is 0.492. The average Bonchev–Trinajstić information content (AvgIpc) is 2.81. The van der Waals surface area contributed by atoms with E-state index in [0.717, 1.165) is 45.0 Å². The van der Waals surface area contributed by atoms with Crippen LogP contribution in [0.3, 0.4) is 0 Å². The molecule has 0 aliphatic carbocycles. The Morgan fingerprint density at radius 3 is 2.67 bits per heavy atom. The first-order valence-electron chi connectivity index (χ1n) is 6.53. The van der Waals surface area contributed by atoms with Crippen molar-refractivity contribution in [3.8, 4) is 6.07 Å². The number of hydrogen-bond acceptors (Lipinski definition) is 4. The Morgan fingerprint density at radius 1 is 1.39 bits per heavy atom. The zero-order chi connectivity index (χ0) is 13.0. The minimum atomic E-state index is 0.0432. The molecule has 0 radical (unpaired) electrons. The highest BCUT2D eigenvalue weighted by Crippen LogP contribution is 2.06. The van der Waals surface area contributed by atoms with E-state index in [1.807, 2.05) is 26.4 Å². The van der Waals surface area contributed by atoms with Crippen molar-refractivity contribution in [3.05, 3.63) is 18.2 Å². The number of aryl methyl sites for hydroxylation is 1. The molecule has 1 aromatic heterocycles. The quantitative estimate of drug-likeness (QED) is 0.777. The van der Waals surface area contributed by atoms with Crippen LogP contribution in [0.1, 0.15) is 12.7 Å². The molecule has 1 fully saturated rings. The maximum atomic E-state index is 8.90. The molecule has 1 atom stereocenters. The molecule has 1 aliphatic rings. The summed E-state index contributed by atoms with van der Waals surface area (Å²) in [4.78, 5) is 9.04. The Kier molecular flexibility index (Phi) is 4.34. The monoisotopic (exact) mass is 247 g/mol. The molecule has 0 bridgehead atoms. The summed E-state index contributed by atoms with van der Waals surface area (Å²) in [5, 5.41) is 8.90. The molecule has 1 aromatic rings. The van der Waals surface area contributed by atoms with Crippen molar-refractivity contribution >= 4 is 0 Å². The van der Waals surface area contributed by atoms with Crippen molar-refractivity contribution in [1.29, 1.82) is 5.26 Å². The Bertz CT molecular complexity index is 411. The van der Waals surface area contributed by atoms with Crippen LogP contribution in [0.15, 0.2) is 12.4 Å². The number of rotatable bonds is 4. The standard InChI is InChI=1S/C13H21N5/c1-12(11-14)18-9-7-17(8-10-18)5-3-13-15-4-6-16(13)2/h4,6,12H,3,5,7-10H2,1-2H3. The third-order valence-corrected chi connectivity index (χ3v) is 3.71. The summed E-state index contributed by atoms with van der Waals surface area (Å²) in [6.07, 6.45) is 4.83. The van der Waals surface area contributed by atoms with Gasteiger partial charge in [-0.1, -0.05) is 0 Å². The molecule has 0 aromatic carbocycles. The van der Waals surface area contributed by atoms with Crippen molar-refractivity contribution < 1.29 is 0 Å². The van der Waals surface area contributed by atoms with Gasteiger partial charge >= 0.3 is 0 Å². The maximum Gasteiger partial charge on any atom is 0.109 e. The van der Waals surface area contributed by atoms with E-state index in [2.05, 4.69) is 25.4 Å². The number of nitriles is 1. The molecule has 5 nitrogen and oxygen atoms in total. The average molecular weight is 247 g/mol. The fourth-order valence-electron chi connectivity index (χ4n) is 2.35. The first-order chi connectivity index (χ1) is 8.70. The van der Waals surface area contributed by atoms with Crippen molar-refractivity contribution in [2.75, 3.05) is 32.7 Å². The van der Waals surface area contributed by atoms with Gasteiger partial charge in [-0.25, -0.2) is 4.98 Å². The first-order valence-corrected chi connectivity index (χ1v) is 6.53. The topological polar surface area (TPSA) is 48.1 Å². The lowest BCUT2D eigenvalue weighted by atomic mass is 10.2. The van der Waals surface area contributed by atoms with Gasteiger partial charge in [0, 0.05) is 58.6 Å². The summed E-state index contributed by atoms with van der Waals surface area (Å²) in [7, 11) is 2.04. The van der Waals surface area contributed by atoms with E-state index in [4.69, 9.17) is 5.26 Å². The lowest BCUT2D eigenvalue weighted by molar-refractivity contribution is 0.120. The zero-order valence-corrected chi connectivity index (χ0v) is 11.2. The number of piperazine rings is 1. The van der Waals surface area contributed by atoms with Gasteiger partial charge in [0.2, 0.25) is 0 Å². The van der Waals surface area contributed by atoms with Crippen LogP contribution in [0.4, 0.5) is 0 Å². The van der Waals surface area contributed by atoms with E-state index in [-0.39, 0.29) is 6.04 Å². The van der Waals surface area contributed by atoms with E-state index >= 15 is 0 Å². The Hall–Kier alpha value is -1.38. The molecule has 1 aliphatic heterocycles. The van der Waals surface area contributed by atoms with Gasteiger partial charge in [0.15, 0.2) is 0 Å². The Morgan fingerprint density at radius 2 is 2.11 bits per heavy atom. The van der Waals surface area contributed by atoms with Crippen LogP contribution in [-0.2, 0) is 13.5 Å². The van der Waals surface area contributed by atoms with Crippen LogP contribution in [0.5, 0.6) is 0 Å². The molecule has 5 heteroatoms. The molecule has 0 saturated carbocycles. The number of aromatic nitrogens is 2. The molecule has 0 spiro atoms. The minimum Gasteiger partial charge on any atom is -0.338 e. The van der Waals surface area contributed by atoms with Gasteiger partial charge in [-0.3, -0.25) is 4.90 Å². The fraction of sp³-hybridized carbons (Fsp3) is 0.692. The highest BCUT2D eigenvalue weighted by atomic mass is 15.3. The molecule has 1 unspecified atom stereocenters. The predicted molar refractivity (Wildman–Crippen MR) is 70.0 cm³/mol. The molecule has 0 amide bonds. The summed E-state index contributed by atoms with van der Waals surface area (Å²) in [5.74, 6) is 1.14. The fourth-order valence-corrected chi connectivity index (χ4v) is 2.35. The largest absolute Gasteiger partial charge is 0.338 e. The van der Waals surface area contributed by atoms with Gasteiger partial charge in [-0.05, 0) is 6.92 Å². The van der Waals surface area contributed by atoms with E-state index in [1.54, 1.807) is 0 Å². The smallest absolute Gasteiger partial charge is 0.109 e.